The first-order valence-corrected chi connectivity index (χ1v) is 16.2. The molecule has 5 aromatic carbocycles. The maximum Gasteiger partial charge on any atom is 0.266 e. The number of aliphatic hydroxyl groups excluding tert-OH is 1. The number of aliphatic hydroxyl groups is 1. The molecule has 0 saturated carbocycles. The van der Waals surface area contributed by atoms with Crippen molar-refractivity contribution in [1.29, 1.82) is 0 Å². The third kappa shape index (κ3) is 7.82. The Morgan fingerprint density at radius 1 is 0.900 bits per heavy atom. The molecule has 0 fully saturated rings. The van der Waals surface area contributed by atoms with Crippen LogP contribution in [0.25, 0.3) is 21.6 Å². The van der Waals surface area contributed by atoms with Crippen molar-refractivity contribution in [2.45, 2.75) is 31.0 Å². The maximum atomic E-state index is 14.6. The molecule has 0 spiro atoms. The van der Waals surface area contributed by atoms with Crippen LogP contribution in [0.3, 0.4) is 0 Å². The standard InChI is InChI=1S/C39H35FN6O4/c40-33-19-11-27(12-20-33)26-42-45-38(48)39(25-32-9-4-5-10-35(32)44-46-41)36(30-15-13-29(14-16-30)28-7-2-1-3-8-28)50-37(43-39)31-17-21-34(22-18-31)49-24-6-23-47/h1-5,7-22,36,42,47H,6,23-26H2,(H,45,48)/t36-,39-/m0/s1. The molecule has 2 atom stereocenters. The number of halogens is 1. The third-order valence-electron chi connectivity index (χ3n) is 8.36. The largest absolute Gasteiger partial charge is 0.494 e. The zero-order valence-electron chi connectivity index (χ0n) is 27.1. The number of hydrazine groups is 1. The number of azide groups is 1. The first-order valence-electron chi connectivity index (χ1n) is 16.2. The lowest BCUT2D eigenvalue weighted by atomic mass is 9.81. The molecule has 50 heavy (non-hydrogen) atoms. The fraction of sp³-hybridized carbons (Fsp3) is 0.179. The summed E-state index contributed by atoms with van der Waals surface area (Å²) in [5.74, 6) is 0.0304. The van der Waals surface area contributed by atoms with E-state index in [1.165, 1.54) is 12.1 Å². The highest BCUT2D eigenvalue weighted by molar-refractivity contribution is 6.01. The lowest BCUT2D eigenvalue weighted by Crippen LogP contribution is -2.53. The molecule has 10 nitrogen and oxygen atoms in total. The normalized spacial score (nSPS) is 16.5. The van der Waals surface area contributed by atoms with E-state index in [1.54, 1.807) is 54.6 Å². The van der Waals surface area contributed by atoms with Crippen LogP contribution in [-0.2, 0) is 22.5 Å². The van der Waals surface area contributed by atoms with Crippen LogP contribution in [0.5, 0.6) is 5.75 Å². The Hall–Kier alpha value is -6.00. The van der Waals surface area contributed by atoms with E-state index in [1.807, 2.05) is 60.7 Å². The van der Waals surface area contributed by atoms with Gasteiger partial charge in [-0.25, -0.2) is 14.8 Å². The number of aliphatic imine (C=N–C) groups is 1. The van der Waals surface area contributed by atoms with Crippen LogP contribution in [0.1, 0.15) is 34.8 Å². The predicted octanol–water partition coefficient (Wildman–Crippen LogP) is 7.52. The molecule has 0 saturated heterocycles. The lowest BCUT2D eigenvalue weighted by Gasteiger charge is -2.31. The molecule has 11 heteroatoms. The first kappa shape index (κ1) is 33.9. The number of hydrogen-bond acceptors (Lipinski definition) is 7. The zero-order valence-corrected chi connectivity index (χ0v) is 27.1. The molecule has 0 aromatic heterocycles. The minimum absolute atomic E-state index is 0.0299. The fourth-order valence-electron chi connectivity index (χ4n) is 5.80. The third-order valence-corrected chi connectivity index (χ3v) is 8.36. The molecule has 5 aromatic rings. The van der Waals surface area contributed by atoms with E-state index in [2.05, 4.69) is 20.9 Å². The van der Waals surface area contributed by atoms with E-state index in [0.717, 1.165) is 16.7 Å². The van der Waals surface area contributed by atoms with Crippen LogP contribution < -0.4 is 15.6 Å². The summed E-state index contributed by atoms with van der Waals surface area (Å²) in [5.41, 5.74) is 18.7. The van der Waals surface area contributed by atoms with Crippen molar-refractivity contribution in [3.05, 3.63) is 166 Å². The summed E-state index contributed by atoms with van der Waals surface area (Å²) in [6, 6.07) is 38.0. The Balaban J connectivity index is 1.41. The van der Waals surface area contributed by atoms with Crippen LogP contribution in [0.4, 0.5) is 10.1 Å². The van der Waals surface area contributed by atoms with Gasteiger partial charge in [-0.15, -0.1) is 0 Å². The van der Waals surface area contributed by atoms with Crippen LogP contribution in [0, 0.1) is 5.82 Å². The van der Waals surface area contributed by atoms with Gasteiger partial charge >= 0.3 is 0 Å². The predicted molar refractivity (Wildman–Crippen MR) is 189 cm³/mol. The van der Waals surface area contributed by atoms with Gasteiger partial charge in [-0.3, -0.25) is 10.2 Å². The van der Waals surface area contributed by atoms with Gasteiger partial charge in [0.05, 0.1) is 6.61 Å². The number of rotatable bonds is 14. The second-order valence-corrected chi connectivity index (χ2v) is 11.7. The topological polar surface area (TPSA) is 141 Å². The van der Waals surface area contributed by atoms with Gasteiger partial charge in [0.25, 0.3) is 5.91 Å². The number of amides is 1. The number of nitrogens with one attached hydrogen (secondary N) is 2. The number of carbonyl (C=O) groups is 1. The van der Waals surface area contributed by atoms with Gasteiger partial charge < -0.3 is 14.6 Å². The van der Waals surface area contributed by atoms with Gasteiger partial charge in [0.1, 0.15) is 11.6 Å². The molecule has 1 heterocycles. The summed E-state index contributed by atoms with van der Waals surface area (Å²) >= 11 is 0. The van der Waals surface area contributed by atoms with Crippen molar-refractivity contribution in [3.63, 3.8) is 0 Å². The number of hydrogen-bond donors (Lipinski definition) is 3. The molecule has 0 radical (unpaired) electrons. The van der Waals surface area contributed by atoms with Gasteiger partial charge in [-0.2, -0.15) is 0 Å². The molecule has 252 valence electrons. The molecule has 0 aliphatic carbocycles. The molecular weight excluding hydrogens is 635 g/mol. The number of nitrogens with zero attached hydrogens (tertiary/aromatic N) is 4. The highest BCUT2D eigenvalue weighted by atomic mass is 19.1. The van der Waals surface area contributed by atoms with Crippen molar-refractivity contribution in [2.75, 3.05) is 13.2 Å². The average molecular weight is 671 g/mol. The Kier molecular flexibility index (Phi) is 10.8. The second-order valence-electron chi connectivity index (χ2n) is 11.7. The SMILES string of the molecule is [N-]=[N+]=Nc1ccccc1C[C@]1(C(=O)NNCc2ccc(F)cc2)N=C(c2ccc(OCCCO)cc2)O[C@H]1c1ccc(-c2ccccc2)cc1. The maximum absolute atomic E-state index is 14.6. The number of carbonyl (C=O) groups excluding carboxylic acids is 1. The molecule has 6 rings (SSSR count). The van der Waals surface area contributed by atoms with Gasteiger partial charge in [-0.05, 0) is 69.7 Å². The van der Waals surface area contributed by atoms with Crippen molar-refractivity contribution in [1.82, 2.24) is 10.9 Å². The molecular formula is C39H35FN6O4. The molecule has 1 aliphatic heterocycles. The number of benzene rings is 5. The minimum atomic E-state index is -1.57. The summed E-state index contributed by atoms with van der Waals surface area (Å²) in [6.45, 7) is 0.623. The van der Waals surface area contributed by atoms with Crippen LogP contribution in [0.15, 0.2) is 138 Å². The summed E-state index contributed by atoms with van der Waals surface area (Å²) in [4.78, 5) is 22.6. The Morgan fingerprint density at radius 2 is 1.58 bits per heavy atom. The Labute approximate surface area is 288 Å². The van der Waals surface area contributed by atoms with E-state index in [0.29, 0.717) is 41.2 Å². The van der Waals surface area contributed by atoms with E-state index in [-0.39, 0.29) is 31.3 Å². The van der Waals surface area contributed by atoms with Crippen molar-refractivity contribution < 1.29 is 23.8 Å². The van der Waals surface area contributed by atoms with E-state index >= 15 is 0 Å². The quantitative estimate of drug-likeness (QED) is 0.0369. The second kappa shape index (κ2) is 15.9. The smallest absolute Gasteiger partial charge is 0.266 e. The van der Waals surface area contributed by atoms with Crippen LogP contribution >= 0.6 is 0 Å². The molecule has 3 N–H and O–H groups in total. The molecule has 1 aliphatic rings. The van der Waals surface area contributed by atoms with Gasteiger partial charge in [-0.1, -0.05) is 96.1 Å². The van der Waals surface area contributed by atoms with Crippen molar-refractivity contribution >= 4 is 17.5 Å². The molecule has 0 bridgehead atoms. The van der Waals surface area contributed by atoms with Gasteiger partial charge in [0.2, 0.25) is 5.90 Å². The summed E-state index contributed by atoms with van der Waals surface area (Å²) < 4.78 is 25.9. The van der Waals surface area contributed by atoms with Crippen LogP contribution in [0.2, 0.25) is 0 Å². The Bertz CT molecular complexity index is 1980. The minimum Gasteiger partial charge on any atom is -0.494 e. The van der Waals surface area contributed by atoms with E-state index in [4.69, 9.17) is 19.6 Å². The Morgan fingerprint density at radius 3 is 2.30 bits per heavy atom. The summed E-state index contributed by atoms with van der Waals surface area (Å²) in [7, 11) is 0. The lowest BCUT2D eigenvalue weighted by molar-refractivity contribution is -0.130. The average Bonchev–Trinajstić information content (AvgIpc) is 3.54. The first-order chi connectivity index (χ1) is 24.5. The monoisotopic (exact) mass is 670 g/mol. The van der Waals surface area contributed by atoms with Gasteiger partial charge in [0, 0.05) is 42.2 Å². The molecule has 0 unspecified atom stereocenters. The van der Waals surface area contributed by atoms with Crippen molar-refractivity contribution in [2.24, 2.45) is 10.1 Å². The highest BCUT2D eigenvalue weighted by Crippen LogP contribution is 2.44. The van der Waals surface area contributed by atoms with E-state index < -0.39 is 17.6 Å². The summed E-state index contributed by atoms with van der Waals surface area (Å²) in [6.07, 6.45) is -0.357. The van der Waals surface area contributed by atoms with E-state index in [9.17, 15) is 14.7 Å². The zero-order chi connectivity index (χ0) is 34.8. The van der Waals surface area contributed by atoms with Crippen molar-refractivity contribution in [3.8, 4) is 16.9 Å². The summed E-state index contributed by atoms with van der Waals surface area (Å²) in [5, 5.41) is 13.0. The number of ether oxygens (including phenoxy) is 2. The molecule has 1 amide bonds. The van der Waals surface area contributed by atoms with Crippen LogP contribution in [-0.4, -0.2) is 35.7 Å². The fourth-order valence-corrected chi connectivity index (χ4v) is 5.80. The highest BCUT2D eigenvalue weighted by Gasteiger charge is 2.53. The van der Waals surface area contributed by atoms with Gasteiger partial charge in [0.15, 0.2) is 11.6 Å².